The van der Waals surface area contributed by atoms with Gasteiger partial charge in [-0.2, -0.15) is 0 Å². The van der Waals surface area contributed by atoms with Crippen LogP contribution in [-0.4, -0.2) is 10.8 Å². The molecule has 0 aliphatic heterocycles. The van der Waals surface area contributed by atoms with Crippen LogP contribution in [0.2, 0.25) is 0 Å². The molecule has 2 aromatic rings. The molecule has 98 valence electrons. The van der Waals surface area contributed by atoms with Gasteiger partial charge in [0.2, 0.25) is 0 Å². The summed E-state index contributed by atoms with van der Waals surface area (Å²) >= 11 is 3.33. The Morgan fingerprint density at radius 3 is 2.53 bits per heavy atom. The molecule has 0 aliphatic carbocycles. The van der Waals surface area contributed by atoms with Crippen LogP contribution < -0.4 is 4.74 Å². The summed E-state index contributed by atoms with van der Waals surface area (Å²) in [7, 11) is 0. The Kier molecular flexibility index (Phi) is 4.68. The maximum atomic E-state index is 11.5. The van der Waals surface area contributed by atoms with Crippen molar-refractivity contribution in [2.45, 2.75) is 20.0 Å². The van der Waals surface area contributed by atoms with E-state index >= 15 is 0 Å². The number of pyridine rings is 1. The van der Waals surface area contributed by atoms with Crippen molar-refractivity contribution in [2.24, 2.45) is 0 Å². The van der Waals surface area contributed by atoms with Crippen LogP contribution in [0.4, 0.5) is 0 Å². The highest BCUT2D eigenvalue weighted by Crippen LogP contribution is 2.15. The molecule has 3 nitrogen and oxygen atoms in total. The van der Waals surface area contributed by atoms with E-state index in [-0.39, 0.29) is 5.78 Å². The van der Waals surface area contributed by atoms with Crippen LogP contribution in [-0.2, 0) is 6.61 Å². The van der Waals surface area contributed by atoms with Crippen molar-refractivity contribution < 1.29 is 9.53 Å². The standard InChI is InChI=1S/C15H14BrNO2/c1-2-15(18)11-3-7-14(8-4-11)19-10-13-6-5-12(16)9-17-13/h3-9H,2,10H2,1H3. The highest BCUT2D eigenvalue weighted by molar-refractivity contribution is 9.10. The number of Topliss-reactive ketones (excluding diaryl/α,β-unsaturated/α-hetero) is 1. The number of carbonyl (C=O) groups is 1. The number of benzene rings is 1. The minimum Gasteiger partial charge on any atom is -0.487 e. The summed E-state index contributed by atoms with van der Waals surface area (Å²) < 4.78 is 6.55. The zero-order valence-electron chi connectivity index (χ0n) is 10.6. The van der Waals surface area contributed by atoms with Crippen LogP contribution in [0.1, 0.15) is 29.4 Å². The molecule has 0 saturated heterocycles. The van der Waals surface area contributed by atoms with E-state index in [2.05, 4.69) is 20.9 Å². The Bertz CT molecular complexity index is 549. The Hall–Kier alpha value is -1.68. The van der Waals surface area contributed by atoms with Gasteiger partial charge in [-0.05, 0) is 52.3 Å². The Morgan fingerprint density at radius 1 is 1.21 bits per heavy atom. The van der Waals surface area contributed by atoms with E-state index in [0.29, 0.717) is 13.0 Å². The van der Waals surface area contributed by atoms with Crippen LogP contribution in [0.25, 0.3) is 0 Å². The molecule has 0 atom stereocenters. The minimum absolute atomic E-state index is 0.140. The van der Waals surface area contributed by atoms with E-state index in [1.807, 2.05) is 31.2 Å². The molecule has 1 heterocycles. The zero-order valence-corrected chi connectivity index (χ0v) is 12.2. The Labute approximate surface area is 120 Å². The van der Waals surface area contributed by atoms with E-state index < -0.39 is 0 Å². The molecule has 0 spiro atoms. The molecule has 0 amide bonds. The number of rotatable bonds is 5. The lowest BCUT2D eigenvalue weighted by atomic mass is 10.1. The maximum Gasteiger partial charge on any atom is 0.162 e. The molecule has 0 bridgehead atoms. The van der Waals surface area contributed by atoms with Crippen molar-refractivity contribution in [3.63, 3.8) is 0 Å². The minimum atomic E-state index is 0.140. The van der Waals surface area contributed by atoms with Gasteiger partial charge in [-0.15, -0.1) is 0 Å². The third-order valence-electron chi connectivity index (χ3n) is 2.67. The molecule has 4 heteroatoms. The van der Waals surface area contributed by atoms with E-state index in [0.717, 1.165) is 21.5 Å². The molecule has 0 aliphatic rings. The van der Waals surface area contributed by atoms with Gasteiger partial charge in [-0.3, -0.25) is 9.78 Å². The summed E-state index contributed by atoms with van der Waals surface area (Å²) in [6.07, 6.45) is 2.25. The summed E-state index contributed by atoms with van der Waals surface area (Å²) in [4.78, 5) is 15.7. The summed E-state index contributed by atoms with van der Waals surface area (Å²) in [6.45, 7) is 2.26. The van der Waals surface area contributed by atoms with Crippen molar-refractivity contribution in [1.82, 2.24) is 4.98 Å². The fourth-order valence-electron chi connectivity index (χ4n) is 1.59. The zero-order chi connectivity index (χ0) is 13.7. The molecule has 0 fully saturated rings. The number of aromatic nitrogens is 1. The fourth-order valence-corrected chi connectivity index (χ4v) is 1.82. The second kappa shape index (κ2) is 6.48. The highest BCUT2D eigenvalue weighted by atomic mass is 79.9. The number of ether oxygens (including phenoxy) is 1. The fraction of sp³-hybridized carbons (Fsp3) is 0.200. The third kappa shape index (κ3) is 3.89. The van der Waals surface area contributed by atoms with Crippen molar-refractivity contribution in [3.8, 4) is 5.75 Å². The van der Waals surface area contributed by atoms with Gasteiger partial charge in [0.15, 0.2) is 5.78 Å². The van der Waals surface area contributed by atoms with Crippen LogP contribution >= 0.6 is 15.9 Å². The molecule has 1 aromatic heterocycles. The van der Waals surface area contributed by atoms with E-state index in [4.69, 9.17) is 4.74 Å². The summed E-state index contributed by atoms with van der Waals surface area (Å²) in [5, 5.41) is 0. The van der Waals surface area contributed by atoms with E-state index in [9.17, 15) is 4.79 Å². The van der Waals surface area contributed by atoms with Gasteiger partial charge in [-0.25, -0.2) is 0 Å². The van der Waals surface area contributed by atoms with Crippen molar-refractivity contribution in [3.05, 3.63) is 58.3 Å². The van der Waals surface area contributed by atoms with Gasteiger partial charge in [0, 0.05) is 22.7 Å². The van der Waals surface area contributed by atoms with E-state index in [1.54, 1.807) is 18.3 Å². The van der Waals surface area contributed by atoms with Crippen molar-refractivity contribution in [1.29, 1.82) is 0 Å². The van der Waals surface area contributed by atoms with E-state index in [1.165, 1.54) is 0 Å². The van der Waals surface area contributed by atoms with Crippen LogP contribution in [0, 0.1) is 0 Å². The topological polar surface area (TPSA) is 39.2 Å². The number of ketones is 1. The van der Waals surface area contributed by atoms with Gasteiger partial charge < -0.3 is 4.74 Å². The van der Waals surface area contributed by atoms with Crippen molar-refractivity contribution in [2.75, 3.05) is 0 Å². The molecule has 0 unspecified atom stereocenters. The number of halogens is 1. The lowest BCUT2D eigenvalue weighted by Gasteiger charge is -2.06. The van der Waals surface area contributed by atoms with Gasteiger partial charge in [0.25, 0.3) is 0 Å². The van der Waals surface area contributed by atoms with Crippen molar-refractivity contribution >= 4 is 21.7 Å². The van der Waals surface area contributed by atoms with Crippen LogP contribution in [0.15, 0.2) is 47.1 Å². The third-order valence-corrected chi connectivity index (χ3v) is 3.14. The second-order valence-electron chi connectivity index (χ2n) is 4.06. The summed E-state index contributed by atoms with van der Waals surface area (Å²) in [5.41, 5.74) is 1.58. The molecule has 0 radical (unpaired) electrons. The molecule has 19 heavy (non-hydrogen) atoms. The Balaban J connectivity index is 1.96. The number of carbonyl (C=O) groups excluding carboxylic acids is 1. The first kappa shape index (κ1) is 13.7. The summed E-state index contributed by atoms with van der Waals surface area (Å²) in [6, 6.07) is 11.0. The predicted octanol–water partition coefficient (Wildman–Crippen LogP) is 4.02. The number of hydrogen-bond acceptors (Lipinski definition) is 3. The monoisotopic (exact) mass is 319 g/mol. The molecule has 0 saturated carbocycles. The first-order chi connectivity index (χ1) is 9.19. The highest BCUT2D eigenvalue weighted by Gasteiger charge is 2.03. The van der Waals surface area contributed by atoms with Crippen LogP contribution in [0.3, 0.4) is 0 Å². The first-order valence-electron chi connectivity index (χ1n) is 6.05. The lowest BCUT2D eigenvalue weighted by molar-refractivity contribution is 0.0988. The maximum absolute atomic E-state index is 11.5. The smallest absolute Gasteiger partial charge is 0.162 e. The average molecular weight is 320 g/mol. The molecular formula is C15H14BrNO2. The average Bonchev–Trinajstić information content (AvgIpc) is 2.46. The number of nitrogens with zero attached hydrogens (tertiary/aromatic N) is 1. The largest absolute Gasteiger partial charge is 0.487 e. The second-order valence-corrected chi connectivity index (χ2v) is 4.97. The summed E-state index contributed by atoms with van der Waals surface area (Å²) in [5.74, 6) is 0.874. The molecule has 2 rings (SSSR count). The first-order valence-corrected chi connectivity index (χ1v) is 6.85. The van der Waals surface area contributed by atoms with Gasteiger partial charge in [0.1, 0.15) is 12.4 Å². The molecule has 1 aromatic carbocycles. The van der Waals surface area contributed by atoms with Gasteiger partial charge >= 0.3 is 0 Å². The molecular weight excluding hydrogens is 306 g/mol. The predicted molar refractivity (Wildman–Crippen MR) is 77.3 cm³/mol. The lowest BCUT2D eigenvalue weighted by Crippen LogP contribution is -1.99. The number of hydrogen-bond donors (Lipinski definition) is 0. The quantitative estimate of drug-likeness (QED) is 0.781. The molecule has 0 N–H and O–H groups in total. The van der Waals surface area contributed by atoms with Crippen LogP contribution in [0.5, 0.6) is 5.75 Å². The SMILES string of the molecule is CCC(=O)c1ccc(OCc2ccc(Br)cn2)cc1. The van der Waals surface area contributed by atoms with Gasteiger partial charge in [-0.1, -0.05) is 6.92 Å². The normalized spacial score (nSPS) is 10.2. The van der Waals surface area contributed by atoms with Gasteiger partial charge in [0.05, 0.1) is 5.69 Å². The Morgan fingerprint density at radius 2 is 1.95 bits per heavy atom.